The largest absolute Gasteiger partial charge is 0.366 e. The molecule has 102 valence electrons. The number of pyridine rings is 1. The molecule has 0 unspecified atom stereocenters. The first-order chi connectivity index (χ1) is 8.91. The minimum Gasteiger partial charge on any atom is -0.366 e. The summed E-state index contributed by atoms with van der Waals surface area (Å²) in [5, 5.41) is 1.88. The molecule has 2 aromatic heterocycles. The third-order valence-corrected chi connectivity index (χ3v) is 5.98. The number of halogens is 1. The standard InChI is InChI=1S/C11H11BrN2O3S2/c1-14(6-9-4-8(12)7-18-9)19(16,17)11-5-13-3-2-10(11)15/h2-5,7H,6H2,1H3,(H,13,15). The second-order valence-corrected chi connectivity index (χ2v) is 7.79. The van der Waals surface area contributed by atoms with Gasteiger partial charge in [-0.2, -0.15) is 4.31 Å². The zero-order chi connectivity index (χ0) is 14.0. The minimum absolute atomic E-state index is 0.229. The van der Waals surface area contributed by atoms with Crippen LogP contribution in [0.1, 0.15) is 4.88 Å². The lowest BCUT2D eigenvalue weighted by molar-refractivity contribution is 0.468. The smallest absolute Gasteiger partial charge is 0.248 e. The van der Waals surface area contributed by atoms with Gasteiger partial charge in [0, 0.05) is 46.8 Å². The first-order valence-electron chi connectivity index (χ1n) is 5.27. The Kier molecular flexibility index (Phi) is 4.24. The van der Waals surface area contributed by atoms with Crippen molar-refractivity contribution in [2.75, 3.05) is 7.05 Å². The van der Waals surface area contributed by atoms with E-state index in [4.69, 9.17) is 0 Å². The Morgan fingerprint density at radius 3 is 2.79 bits per heavy atom. The summed E-state index contributed by atoms with van der Waals surface area (Å²) in [6, 6.07) is 3.05. The van der Waals surface area contributed by atoms with Gasteiger partial charge in [0.25, 0.3) is 0 Å². The molecule has 0 aliphatic carbocycles. The molecule has 8 heteroatoms. The zero-order valence-electron chi connectivity index (χ0n) is 9.96. The van der Waals surface area contributed by atoms with Crippen LogP contribution in [0.5, 0.6) is 0 Å². The fourth-order valence-electron chi connectivity index (χ4n) is 1.51. The van der Waals surface area contributed by atoms with Crippen molar-refractivity contribution in [1.82, 2.24) is 9.29 Å². The maximum atomic E-state index is 12.3. The number of H-pyrrole nitrogens is 1. The van der Waals surface area contributed by atoms with Crippen molar-refractivity contribution in [3.8, 4) is 0 Å². The maximum Gasteiger partial charge on any atom is 0.248 e. The quantitative estimate of drug-likeness (QED) is 0.904. The summed E-state index contributed by atoms with van der Waals surface area (Å²) in [5.74, 6) is 0. The minimum atomic E-state index is -3.78. The van der Waals surface area contributed by atoms with Crippen molar-refractivity contribution in [2.45, 2.75) is 11.4 Å². The van der Waals surface area contributed by atoms with Gasteiger partial charge in [-0.1, -0.05) is 0 Å². The molecule has 19 heavy (non-hydrogen) atoms. The Labute approximate surface area is 123 Å². The van der Waals surface area contributed by atoms with E-state index in [0.29, 0.717) is 0 Å². The molecule has 0 bridgehead atoms. The summed E-state index contributed by atoms with van der Waals surface area (Å²) in [7, 11) is -2.32. The SMILES string of the molecule is CN(Cc1cc(Br)cs1)S(=O)(=O)c1c[nH]ccc1=O. The highest BCUT2D eigenvalue weighted by molar-refractivity contribution is 9.10. The summed E-state index contributed by atoms with van der Waals surface area (Å²) >= 11 is 4.77. The molecule has 0 aromatic carbocycles. The fraction of sp³-hybridized carbons (Fsp3) is 0.182. The van der Waals surface area contributed by atoms with Gasteiger partial charge in [0.15, 0.2) is 0 Å². The topological polar surface area (TPSA) is 70.2 Å². The van der Waals surface area contributed by atoms with Crippen LogP contribution in [-0.2, 0) is 16.6 Å². The molecule has 1 N–H and O–H groups in total. The number of rotatable bonds is 4. The number of hydrogen-bond acceptors (Lipinski definition) is 4. The molecule has 0 fully saturated rings. The zero-order valence-corrected chi connectivity index (χ0v) is 13.2. The number of sulfonamides is 1. The third-order valence-electron chi connectivity index (χ3n) is 2.48. The maximum absolute atomic E-state index is 12.3. The molecule has 0 spiro atoms. The second kappa shape index (κ2) is 5.58. The van der Waals surface area contributed by atoms with Crippen LogP contribution in [0.4, 0.5) is 0 Å². The summed E-state index contributed by atoms with van der Waals surface area (Å²) in [6.07, 6.45) is 2.61. The van der Waals surface area contributed by atoms with Crippen LogP contribution in [0.25, 0.3) is 0 Å². The van der Waals surface area contributed by atoms with E-state index in [1.807, 2.05) is 11.4 Å². The summed E-state index contributed by atoms with van der Waals surface area (Å²) in [5.41, 5.74) is -0.516. The lowest BCUT2D eigenvalue weighted by atomic mass is 10.5. The molecule has 0 radical (unpaired) electrons. The molecule has 0 saturated carbocycles. The number of aromatic amines is 1. The van der Waals surface area contributed by atoms with Crippen molar-refractivity contribution in [3.05, 3.63) is 49.5 Å². The predicted octanol–water partition coefficient (Wildman–Crippen LogP) is 2.02. The van der Waals surface area contributed by atoms with E-state index in [-0.39, 0.29) is 11.4 Å². The normalized spacial score (nSPS) is 11.9. The predicted molar refractivity (Wildman–Crippen MR) is 77.7 cm³/mol. The number of nitrogens with one attached hydrogen (secondary N) is 1. The monoisotopic (exact) mass is 362 g/mol. The van der Waals surface area contributed by atoms with Gasteiger partial charge in [0.1, 0.15) is 4.90 Å². The number of thiophene rings is 1. The van der Waals surface area contributed by atoms with Gasteiger partial charge in [0.2, 0.25) is 15.5 Å². The first kappa shape index (κ1) is 14.4. The average molecular weight is 363 g/mol. The second-order valence-electron chi connectivity index (χ2n) is 3.87. The van der Waals surface area contributed by atoms with Gasteiger partial charge in [-0.15, -0.1) is 11.3 Å². The summed E-state index contributed by atoms with van der Waals surface area (Å²) < 4.78 is 26.6. The summed E-state index contributed by atoms with van der Waals surface area (Å²) in [4.78, 5) is 14.9. The van der Waals surface area contributed by atoms with E-state index in [0.717, 1.165) is 13.7 Å². The number of hydrogen-bond donors (Lipinski definition) is 1. The van der Waals surface area contributed by atoms with Crippen molar-refractivity contribution >= 4 is 37.3 Å². The van der Waals surface area contributed by atoms with Crippen LogP contribution < -0.4 is 5.43 Å². The summed E-state index contributed by atoms with van der Waals surface area (Å²) in [6.45, 7) is 0.229. The van der Waals surface area contributed by atoms with Crippen LogP contribution in [-0.4, -0.2) is 24.8 Å². The number of aromatic nitrogens is 1. The van der Waals surface area contributed by atoms with Crippen molar-refractivity contribution in [1.29, 1.82) is 0 Å². The molecule has 2 rings (SSSR count). The molecule has 0 aliphatic rings. The fourth-order valence-corrected chi connectivity index (χ4v) is 4.28. The lowest BCUT2D eigenvalue weighted by Gasteiger charge is -2.15. The molecular formula is C11H11BrN2O3S2. The first-order valence-corrected chi connectivity index (χ1v) is 8.39. The van der Waals surface area contributed by atoms with Crippen LogP contribution in [0, 0.1) is 0 Å². The molecule has 5 nitrogen and oxygen atoms in total. The average Bonchev–Trinajstić information content (AvgIpc) is 2.75. The van der Waals surface area contributed by atoms with Crippen molar-refractivity contribution < 1.29 is 8.42 Å². The van der Waals surface area contributed by atoms with Crippen molar-refractivity contribution in [2.24, 2.45) is 0 Å². The molecule has 0 atom stereocenters. The van der Waals surface area contributed by atoms with E-state index in [2.05, 4.69) is 20.9 Å². The number of nitrogens with zero attached hydrogens (tertiary/aromatic N) is 1. The van der Waals surface area contributed by atoms with E-state index in [1.165, 1.54) is 36.8 Å². The van der Waals surface area contributed by atoms with Crippen LogP contribution >= 0.6 is 27.3 Å². The molecule has 2 aromatic rings. The Morgan fingerprint density at radius 2 is 2.21 bits per heavy atom. The van der Waals surface area contributed by atoms with Gasteiger partial charge in [-0.25, -0.2) is 8.42 Å². The van der Waals surface area contributed by atoms with Gasteiger partial charge >= 0.3 is 0 Å². The Morgan fingerprint density at radius 1 is 1.47 bits per heavy atom. The molecule has 0 saturated heterocycles. The Hall–Kier alpha value is -0.960. The highest BCUT2D eigenvalue weighted by Crippen LogP contribution is 2.22. The van der Waals surface area contributed by atoms with Gasteiger partial charge in [-0.05, 0) is 22.0 Å². The Bertz CT molecular complexity index is 736. The van der Waals surface area contributed by atoms with Crippen molar-refractivity contribution in [3.63, 3.8) is 0 Å². The lowest BCUT2D eigenvalue weighted by Crippen LogP contribution is -2.30. The Balaban J connectivity index is 2.30. The van der Waals surface area contributed by atoms with Crippen LogP contribution in [0.15, 0.2) is 44.1 Å². The van der Waals surface area contributed by atoms with E-state index in [9.17, 15) is 13.2 Å². The highest BCUT2D eigenvalue weighted by Gasteiger charge is 2.24. The molecule has 0 amide bonds. The van der Waals surface area contributed by atoms with Crippen LogP contribution in [0.2, 0.25) is 0 Å². The molecule has 0 aliphatic heterocycles. The van der Waals surface area contributed by atoms with Gasteiger partial charge in [0.05, 0.1) is 0 Å². The van der Waals surface area contributed by atoms with E-state index < -0.39 is 15.5 Å². The van der Waals surface area contributed by atoms with E-state index >= 15 is 0 Å². The highest BCUT2D eigenvalue weighted by atomic mass is 79.9. The molecule has 2 heterocycles. The molecular weight excluding hydrogens is 352 g/mol. The van der Waals surface area contributed by atoms with Crippen LogP contribution in [0.3, 0.4) is 0 Å². The van der Waals surface area contributed by atoms with Gasteiger partial charge < -0.3 is 4.98 Å². The van der Waals surface area contributed by atoms with Gasteiger partial charge in [-0.3, -0.25) is 4.79 Å². The van der Waals surface area contributed by atoms with E-state index in [1.54, 1.807) is 0 Å². The third kappa shape index (κ3) is 3.14.